The molecule has 0 saturated carbocycles. The fourth-order valence-electron chi connectivity index (χ4n) is 3.01. The van der Waals surface area contributed by atoms with E-state index in [1.807, 2.05) is 31.4 Å². The summed E-state index contributed by atoms with van der Waals surface area (Å²) in [5.41, 5.74) is 4.28. The zero-order valence-corrected chi connectivity index (χ0v) is 14.8. The van der Waals surface area contributed by atoms with Crippen molar-refractivity contribution in [2.45, 2.75) is 19.4 Å². The largest absolute Gasteiger partial charge is 0.361 e. The third kappa shape index (κ3) is 3.26. The quantitative estimate of drug-likeness (QED) is 0.600. The lowest BCUT2D eigenvalue weighted by Crippen LogP contribution is -2.16. The summed E-state index contributed by atoms with van der Waals surface area (Å²) in [6.45, 7) is 2.10. The second-order valence-electron chi connectivity index (χ2n) is 6.37. The van der Waals surface area contributed by atoms with Crippen LogP contribution < -0.4 is 5.32 Å². The lowest BCUT2D eigenvalue weighted by molar-refractivity contribution is 0.742. The highest BCUT2D eigenvalue weighted by molar-refractivity contribution is 5.86. The van der Waals surface area contributed by atoms with Gasteiger partial charge in [0.2, 0.25) is 0 Å². The molecule has 0 amide bonds. The molecular weight excluding hydrogens is 324 g/mol. The van der Waals surface area contributed by atoms with Crippen molar-refractivity contribution < 1.29 is 0 Å². The summed E-state index contributed by atoms with van der Waals surface area (Å²) >= 11 is 0. The molecule has 0 aliphatic heterocycles. The summed E-state index contributed by atoms with van der Waals surface area (Å²) < 4.78 is 1.75. The lowest BCUT2D eigenvalue weighted by Gasteiger charge is -2.19. The number of fused-ring (bicyclic) bond motifs is 1. The van der Waals surface area contributed by atoms with E-state index in [0.29, 0.717) is 0 Å². The van der Waals surface area contributed by atoms with Gasteiger partial charge in [0.1, 0.15) is 12.1 Å². The van der Waals surface area contributed by atoms with E-state index in [1.54, 1.807) is 17.2 Å². The molecule has 1 atom stereocenters. The second kappa shape index (κ2) is 6.92. The molecule has 0 aliphatic carbocycles. The normalized spacial score (nSPS) is 12.2. The van der Waals surface area contributed by atoms with Crippen LogP contribution in [0.15, 0.2) is 61.2 Å². The number of rotatable bonds is 5. The molecule has 6 heteroatoms. The van der Waals surface area contributed by atoms with Gasteiger partial charge in [-0.25, -0.2) is 9.97 Å². The zero-order valence-electron chi connectivity index (χ0n) is 14.8. The predicted octanol–water partition coefficient (Wildman–Crippen LogP) is 3.46. The molecule has 1 unspecified atom stereocenters. The first-order valence-corrected chi connectivity index (χ1v) is 8.56. The van der Waals surface area contributed by atoms with Crippen molar-refractivity contribution in [2.75, 3.05) is 5.32 Å². The van der Waals surface area contributed by atoms with E-state index in [4.69, 9.17) is 0 Å². The van der Waals surface area contributed by atoms with Crippen molar-refractivity contribution in [2.24, 2.45) is 7.05 Å². The van der Waals surface area contributed by atoms with Crippen LogP contribution in [0, 0.1) is 6.92 Å². The molecule has 0 spiro atoms. The highest BCUT2D eigenvalue weighted by Gasteiger charge is 2.17. The van der Waals surface area contributed by atoms with Crippen molar-refractivity contribution in [1.29, 1.82) is 0 Å². The van der Waals surface area contributed by atoms with E-state index in [1.165, 1.54) is 11.1 Å². The van der Waals surface area contributed by atoms with Gasteiger partial charge in [-0.15, -0.1) is 0 Å². The van der Waals surface area contributed by atoms with E-state index in [-0.39, 0.29) is 6.04 Å². The summed E-state index contributed by atoms with van der Waals surface area (Å²) in [7, 11) is 1.88. The Morgan fingerprint density at radius 3 is 2.65 bits per heavy atom. The van der Waals surface area contributed by atoms with Gasteiger partial charge in [0.05, 0.1) is 23.3 Å². The third-order valence-electron chi connectivity index (χ3n) is 4.45. The lowest BCUT2D eigenvalue weighted by atomic mass is 10.0. The molecular formula is C20H20N6. The SMILES string of the molecule is Cc1ccc(CC(Nc2ncnc3c2cnn3C)c2ccccn2)cc1. The number of pyridine rings is 1. The van der Waals surface area contributed by atoms with Crippen LogP contribution in [-0.2, 0) is 13.5 Å². The topological polar surface area (TPSA) is 68.5 Å². The van der Waals surface area contributed by atoms with Gasteiger partial charge in [-0.2, -0.15) is 5.10 Å². The number of hydrogen-bond acceptors (Lipinski definition) is 5. The van der Waals surface area contributed by atoms with Gasteiger partial charge in [-0.1, -0.05) is 35.9 Å². The van der Waals surface area contributed by atoms with Crippen LogP contribution in [0.3, 0.4) is 0 Å². The first kappa shape index (κ1) is 16.2. The minimum absolute atomic E-state index is 0.00258. The van der Waals surface area contributed by atoms with Gasteiger partial charge >= 0.3 is 0 Å². The average molecular weight is 344 g/mol. The Balaban J connectivity index is 1.69. The van der Waals surface area contributed by atoms with Crippen LogP contribution in [0.1, 0.15) is 22.9 Å². The fraction of sp³-hybridized carbons (Fsp3) is 0.200. The summed E-state index contributed by atoms with van der Waals surface area (Å²) in [4.78, 5) is 13.3. The number of nitrogens with one attached hydrogen (secondary N) is 1. The van der Waals surface area contributed by atoms with Gasteiger partial charge in [0.25, 0.3) is 0 Å². The van der Waals surface area contributed by atoms with E-state index < -0.39 is 0 Å². The van der Waals surface area contributed by atoms with Crippen LogP contribution in [0.4, 0.5) is 5.82 Å². The van der Waals surface area contributed by atoms with E-state index in [0.717, 1.165) is 29.0 Å². The molecule has 6 nitrogen and oxygen atoms in total. The summed E-state index contributed by atoms with van der Waals surface area (Å²) in [5, 5.41) is 8.74. The van der Waals surface area contributed by atoms with Crippen LogP contribution in [-0.4, -0.2) is 24.7 Å². The van der Waals surface area contributed by atoms with Gasteiger partial charge in [0.15, 0.2) is 5.65 Å². The number of benzene rings is 1. The van der Waals surface area contributed by atoms with E-state index in [2.05, 4.69) is 56.6 Å². The first-order chi connectivity index (χ1) is 12.7. The molecule has 4 aromatic rings. The highest BCUT2D eigenvalue weighted by atomic mass is 15.3. The zero-order chi connectivity index (χ0) is 17.9. The Bertz CT molecular complexity index is 1010. The number of hydrogen-bond donors (Lipinski definition) is 1. The molecule has 26 heavy (non-hydrogen) atoms. The van der Waals surface area contributed by atoms with Crippen molar-refractivity contribution >= 4 is 16.9 Å². The fourth-order valence-corrected chi connectivity index (χ4v) is 3.01. The van der Waals surface area contributed by atoms with Crippen LogP contribution in [0.2, 0.25) is 0 Å². The van der Waals surface area contributed by atoms with Crippen molar-refractivity contribution in [1.82, 2.24) is 24.7 Å². The second-order valence-corrected chi connectivity index (χ2v) is 6.37. The molecule has 3 aromatic heterocycles. The monoisotopic (exact) mass is 344 g/mol. The molecule has 1 aromatic carbocycles. The number of anilines is 1. The smallest absolute Gasteiger partial charge is 0.163 e. The number of aryl methyl sites for hydroxylation is 2. The molecule has 3 heterocycles. The summed E-state index contributed by atoms with van der Waals surface area (Å²) in [5.74, 6) is 0.769. The molecule has 0 saturated heterocycles. The van der Waals surface area contributed by atoms with E-state index >= 15 is 0 Å². The molecule has 4 rings (SSSR count). The maximum atomic E-state index is 4.55. The predicted molar refractivity (Wildman–Crippen MR) is 102 cm³/mol. The average Bonchev–Trinajstić information content (AvgIpc) is 3.06. The number of aromatic nitrogens is 5. The van der Waals surface area contributed by atoms with Crippen molar-refractivity contribution in [3.8, 4) is 0 Å². The third-order valence-corrected chi connectivity index (χ3v) is 4.45. The van der Waals surface area contributed by atoms with E-state index in [9.17, 15) is 0 Å². The van der Waals surface area contributed by atoms with Crippen LogP contribution in [0.5, 0.6) is 0 Å². The standard InChI is InChI=1S/C20H20N6/c1-14-6-8-15(9-7-14)11-18(17-5-3-4-10-21-17)25-19-16-12-24-26(2)20(16)23-13-22-19/h3-10,12-13,18H,11H2,1-2H3,(H,22,23,25). The molecule has 0 radical (unpaired) electrons. The Hall–Kier alpha value is -3.28. The molecule has 130 valence electrons. The summed E-state index contributed by atoms with van der Waals surface area (Å²) in [6, 6.07) is 14.6. The molecule has 1 N–H and O–H groups in total. The Morgan fingerprint density at radius 2 is 1.88 bits per heavy atom. The minimum Gasteiger partial charge on any atom is -0.361 e. The van der Waals surface area contributed by atoms with Gasteiger partial charge in [-0.05, 0) is 31.0 Å². The van der Waals surface area contributed by atoms with Crippen LogP contribution >= 0.6 is 0 Å². The molecule has 0 fully saturated rings. The van der Waals surface area contributed by atoms with Crippen molar-refractivity contribution in [3.05, 3.63) is 78.0 Å². The maximum absolute atomic E-state index is 4.55. The maximum Gasteiger partial charge on any atom is 0.163 e. The van der Waals surface area contributed by atoms with Crippen LogP contribution in [0.25, 0.3) is 11.0 Å². The van der Waals surface area contributed by atoms with Gasteiger partial charge in [0, 0.05) is 13.2 Å². The molecule has 0 bridgehead atoms. The number of nitrogens with zero attached hydrogens (tertiary/aromatic N) is 5. The minimum atomic E-state index is -0.00258. The molecule has 0 aliphatic rings. The highest BCUT2D eigenvalue weighted by Crippen LogP contribution is 2.25. The Morgan fingerprint density at radius 1 is 1.04 bits per heavy atom. The van der Waals surface area contributed by atoms with Crippen molar-refractivity contribution in [3.63, 3.8) is 0 Å². The van der Waals surface area contributed by atoms with Gasteiger partial charge < -0.3 is 5.32 Å². The summed E-state index contributed by atoms with van der Waals surface area (Å²) in [6.07, 6.45) is 5.98. The first-order valence-electron chi connectivity index (χ1n) is 8.56. The Kier molecular flexibility index (Phi) is 4.31. The Labute approximate surface area is 152 Å². The van der Waals surface area contributed by atoms with Gasteiger partial charge in [-0.3, -0.25) is 9.67 Å².